The predicted molar refractivity (Wildman–Crippen MR) is 103 cm³/mol. The SMILES string of the molecule is CCC(CC)c1cc(CNC(=NC)NCc2csc(C(C)C)n2)on1. The van der Waals surface area contributed by atoms with Crippen molar-refractivity contribution >= 4 is 17.3 Å². The number of thiazole rings is 1. The van der Waals surface area contributed by atoms with E-state index in [1.165, 1.54) is 0 Å². The summed E-state index contributed by atoms with van der Waals surface area (Å²) in [6, 6.07) is 2.04. The Labute approximate surface area is 154 Å². The molecule has 2 aromatic rings. The van der Waals surface area contributed by atoms with E-state index in [-0.39, 0.29) is 0 Å². The highest BCUT2D eigenvalue weighted by Crippen LogP contribution is 2.22. The summed E-state index contributed by atoms with van der Waals surface area (Å²) in [6.45, 7) is 9.87. The molecule has 0 saturated carbocycles. The molecule has 0 aliphatic carbocycles. The van der Waals surface area contributed by atoms with Crippen LogP contribution in [0.15, 0.2) is 21.0 Å². The minimum absolute atomic E-state index is 0.465. The van der Waals surface area contributed by atoms with Gasteiger partial charge in [0.1, 0.15) is 0 Å². The van der Waals surface area contributed by atoms with Crippen molar-refractivity contribution in [3.8, 4) is 0 Å². The van der Waals surface area contributed by atoms with E-state index in [4.69, 9.17) is 4.52 Å². The van der Waals surface area contributed by atoms with Gasteiger partial charge in [0.15, 0.2) is 11.7 Å². The maximum atomic E-state index is 5.43. The van der Waals surface area contributed by atoms with Crippen LogP contribution in [0, 0.1) is 0 Å². The lowest BCUT2D eigenvalue weighted by Gasteiger charge is -2.09. The summed E-state index contributed by atoms with van der Waals surface area (Å²) >= 11 is 1.70. The van der Waals surface area contributed by atoms with Gasteiger partial charge in [0, 0.05) is 30.3 Å². The molecule has 2 N–H and O–H groups in total. The van der Waals surface area contributed by atoms with Crippen LogP contribution in [-0.4, -0.2) is 23.1 Å². The molecule has 7 heteroatoms. The van der Waals surface area contributed by atoms with Crippen LogP contribution in [0.5, 0.6) is 0 Å². The second-order valence-corrected chi connectivity index (χ2v) is 7.23. The molecule has 2 aromatic heterocycles. The van der Waals surface area contributed by atoms with Gasteiger partial charge in [-0.25, -0.2) is 4.98 Å². The molecule has 0 aliphatic heterocycles. The van der Waals surface area contributed by atoms with Crippen molar-refractivity contribution in [1.82, 2.24) is 20.8 Å². The van der Waals surface area contributed by atoms with E-state index in [9.17, 15) is 0 Å². The second-order valence-electron chi connectivity index (χ2n) is 6.34. The monoisotopic (exact) mass is 363 g/mol. The second kappa shape index (κ2) is 9.56. The lowest BCUT2D eigenvalue weighted by molar-refractivity contribution is 0.368. The van der Waals surface area contributed by atoms with E-state index in [1.54, 1.807) is 18.4 Å². The van der Waals surface area contributed by atoms with Gasteiger partial charge in [0.25, 0.3) is 0 Å². The lowest BCUT2D eigenvalue weighted by Crippen LogP contribution is -2.36. The molecule has 0 atom stereocenters. The van der Waals surface area contributed by atoms with Crippen molar-refractivity contribution in [1.29, 1.82) is 0 Å². The Morgan fingerprint density at radius 3 is 2.56 bits per heavy atom. The number of rotatable bonds is 8. The smallest absolute Gasteiger partial charge is 0.191 e. The number of guanidine groups is 1. The van der Waals surface area contributed by atoms with E-state index in [1.807, 2.05) is 6.07 Å². The molecule has 0 unspecified atom stereocenters. The Morgan fingerprint density at radius 2 is 1.96 bits per heavy atom. The summed E-state index contributed by atoms with van der Waals surface area (Å²) in [4.78, 5) is 8.86. The average molecular weight is 364 g/mol. The Balaban J connectivity index is 1.84. The molecule has 0 aromatic carbocycles. The molecule has 0 radical (unpaired) electrons. The Morgan fingerprint density at radius 1 is 1.24 bits per heavy atom. The zero-order valence-corrected chi connectivity index (χ0v) is 16.6. The van der Waals surface area contributed by atoms with Crippen LogP contribution in [0.1, 0.15) is 74.5 Å². The Bertz CT molecular complexity index is 673. The summed E-state index contributed by atoms with van der Waals surface area (Å²) in [5, 5.41) is 14.0. The first-order valence-electron chi connectivity index (χ1n) is 8.91. The van der Waals surface area contributed by atoms with Crippen molar-refractivity contribution < 1.29 is 4.52 Å². The van der Waals surface area contributed by atoms with E-state index >= 15 is 0 Å². The van der Waals surface area contributed by atoms with Crippen LogP contribution < -0.4 is 10.6 Å². The van der Waals surface area contributed by atoms with Gasteiger partial charge >= 0.3 is 0 Å². The third-order valence-corrected chi connectivity index (χ3v) is 5.33. The number of aromatic nitrogens is 2. The van der Waals surface area contributed by atoms with Crippen LogP contribution in [0.25, 0.3) is 0 Å². The molecule has 0 bridgehead atoms. The van der Waals surface area contributed by atoms with Gasteiger partial charge < -0.3 is 15.2 Å². The molecule has 2 heterocycles. The molecule has 0 amide bonds. The first-order chi connectivity index (χ1) is 12.1. The normalized spacial score (nSPS) is 12.2. The number of aliphatic imine (C=N–C) groups is 1. The van der Waals surface area contributed by atoms with Crippen molar-refractivity contribution in [2.45, 2.75) is 65.5 Å². The Kier molecular flexibility index (Phi) is 7.43. The molecule has 0 aliphatic rings. The maximum Gasteiger partial charge on any atom is 0.191 e. The number of hydrogen-bond acceptors (Lipinski definition) is 5. The Hall–Kier alpha value is -1.89. The minimum atomic E-state index is 0.465. The van der Waals surface area contributed by atoms with E-state index < -0.39 is 0 Å². The van der Waals surface area contributed by atoms with Gasteiger partial charge in [-0.3, -0.25) is 4.99 Å². The quantitative estimate of drug-likeness (QED) is 0.547. The molecule has 138 valence electrons. The van der Waals surface area contributed by atoms with Crippen LogP contribution in [0.2, 0.25) is 0 Å². The summed E-state index contributed by atoms with van der Waals surface area (Å²) < 4.78 is 5.43. The van der Waals surface area contributed by atoms with Crippen molar-refractivity contribution in [2.24, 2.45) is 4.99 Å². The van der Waals surface area contributed by atoms with Gasteiger partial charge in [-0.1, -0.05) is 32.9 Å². The summed E-state index contributed by atoms with van der Waals surface area (Å²) in [7, 11) is 1.76. The largest absolute Gasteiger partial charge is 0.359 e. The third kappa shape index (κ3) is 5.56. The van der Waals surface area contributed by atoms with Gasteiger partial charge in [0.2, 0.25) is 0 Å². The molecule has 6 nitrogen and oxygen atoms in total. The van der Waals surface area contributed by atoms with E-state index in [0.717, 1.165) is 41.0 Å². The lowest BCUT2D eigenvalue weighted by atomic mass is 9.99. The van der Waals surface area contributed by atoms with Crippen molar-refractivity contribution in [3.63, 3.8) is 0 Å². The topological polar surface area (TPSA) is 75.3 Å². The molecular formula is C18H29N5OS. The van der Waals surface area contributed by atoms with Gasteiger partial charge in [-0.05, 0) is 12.8 Å². The molecule has 25 heavy (non-hydrogen) atoms. The fourth-order valence-electron chi connectivity index (χ4n) is 2.55. The van der Waals surface area contributed by atoms with Crippen molar-refractivity contribution in [3.05, 3.63) is 33.6 Å². The van der Waals surface area contributed by atoms with E-state index in [0.29, 0.717) is 24.9 Å². The van der Waals surface area contributed by atoms with Gasteiger partial charge in [0.05, 0.1) is 29.5 Å². The fourth-order valence-corrected chi connectivity index (χ4v) is 3.38. The molecular weight excluding hydrogens is 334 g/mol. The molecule has 0 saturated heterocycles. The standard InChI is InChI=1S/C18H29N5OS/c1-6-13(7-2)16-8-15(24-23-16)10-21-18(19-5)20-9-14-11-25-17(22-14)12(3)4/h8,11-13H,6-7,9-10H2,1-5H3,(H2,19,20,21). The van der Waals surface area contributed by atoms with Crippen LogP contribution >= 0.6 is 11.3 Å². The highest BCUT2D eigenvalue weighted by molar-refractivity contribution is 7.09. The number of nitrogens with one attached hydrogen (secondary N) is 2. The van der Waals surface area contributed by atoms with Gasteiger partial charge in [-0.2, -0.15) is 0 Å². The third-order valence-electron chi connectivity index (χ3n) is 4.14. The van der Waals surface area contributed by atoms with E-state index in [2.05, 4.69) is 58.8 Å². The number of nitrogens with zero attached hydrogens (tertiary/aromatic N) is 3. The maximum absolute atomic E-state index is 5.43. The molecule has 0 spiro atoms. The molecule has 2 rings (SSSR count). The van der Waals surface area contributed by atoms with Gasteiger partial charge in [-0.15, -0.1) is 11.3 Å². The first-order valence-corrected chi connectivity index (χ1v) is 9.79. The summed E-state index contributed by atoms with van der Waals surface area (Å²) in [6.07, 6.45) is 2.15. The highest BCUT2D eigenvalue weighted by atomic mass is 32.1. The van der Waals surface area contributed by atoms with Crippen LogP contribution in [0.3, 0.4) is 0 Å². The average Bonchev–Trinajstić information content (AvgIpc) is 3.26. The summed E-state index contributed by atoms with van der Waals surface area (Å²) in [5.41, 5.74) is 2.07. The zero-order chi connectivity index (χ0) is 18.2. The molecule has 0 fully saturated rings. The number of hydrogen-bond donors (Lipinski definition) is 2. The van der Waals surface area contributed by atoms with Crippen molar-refractivity contribution in [2.75, 3.05) is 7.05 Å². The van der Waals surface area contributed by atoms with Crippen LogP contribution in [0.4, 0.5) is 0 Å². The summed E-state index contributed by atoms with van der Waals surface area (Å²) in [5.74, 6) is 2.47. The zero-order valence-electron chi connectivity index (χ0n) is 15.8. The highest BCUT2D eigenvalue weighted by Gasteiger charge is 2.13. The first kappa shape index (κ1) is 19.4. The minimum Gasteiger partial charge on any atom is -0.359 e. The predicted octanol–water partition coefficient (Wildman–Crippen LogP) is 4.02. The van der Waals surface area contributed by atoms with Crippen LogP contribution in [-0.2, 0) is 13.1 Å². The fraction of sp³-hybridized carbons (Fsp3) is 0.611.